The number of ether oxygens (including phenoxy) is 1. The van der Waals surface area contributed by atoms with Crippen molar-refractivity contribution in [3.05, 3.63) is 40.5 Å². The molecule has 2 aromatic rings. The van der Waals surface area contributed by atoms with Gasteiger partial charge in [-0.3, -0.25) is 4.79 Å². The third-order valence-electron chi connectivity index (χ3n) is 4.70. The number of methoxy groups -OCH3 is 1. The zero-order valence-electron chi connectivity index (χ0n) is 16.2. The summed E-state index contributed by atoms with van der Waals surface area (Å²) in [7, 11) is 1.51. The van der Waals surface area contributed by atoms with Crippen molar-refractivity contribution in [2.45, 2.75) is 38.5 Å². The average Bonchev–Trinajstić information content (AvgIpc) is 3.01. The molecule has 0 bridgehead atoms. The maximum absolute atomic E-state index is 13.8. The molecular weight excluding hydrogens is 409 g/mol. The Hall–Kier alpha value is -2.42. The Morgan fingerprint density at radius 2 is 2.03 bits per heavy atom. The first-order valence-electron chi connectivity index (χ1n) is 9.15. The maximum atomic E-state index is 13.8. The van der Waals surface area contributed by atoms with E-state index in [1.807, 2.05) is 13.8 Å². The van der Waals surface area contributed by atoms with Crippen molar-refractivity contribution >= 4 is 23.3 Å². The van der Waals surface area contributed by atoms with E-state index < -0.39 is 24.2 Å². The first-order chi connectivity index (χ1) is 13.6. The van der Waals surface area contributed by atoms with Gasteiger partial charge in [-0.2, -0.15) is 18.3 Å². The lowest BCUT2D eigenvalue weighted by Crippen LogP contribution is -2.36. The van der Waals surface area contributed by atoms with Gasteiger partial charge < -0.3 is 15.4 Å². The maximum Gasteiger partial charge on any atom is 0.410 e. The van der Waals surface area contributed by atoms with E-state index in [1.165, 1.54) is 7.11 Å². The van der Waals surface area contributed by atoms with Crippen LogP contribution in [0.1, 0.15) is 48.4 Å². The number of amides is 1. The van der Waals surface area contributed by atoms with E-state index >= 15 is 0 Å². The number of rotatable bonds is 5. The fourth-order valence-electron chi connectivity index (χ4n) is 3.17. The van der Waals surface area contributed by atoms with Crippen LogP contribution in [0.25, 0.3) is 0 Å². The number of carbonyl (C=O) groups is 1. The summed E-state index contributed by atoms with van der Waals surface area (Å²) < 4.78 is 47.2. The predicted octanol–water partition coefficient (Wildman–Crippen LogP) is 4.59. The lowest BCUT2D eigenvalue weighted by Gasteiger charge is -2.33. The molecule has 1 aliphatic rings. The van der Waals surface area contributed by atoms with Gasteiger partial charge in [-0.1, -0.05) is 37.6 Å². The highest BCUT2D eigenvalue weighted by atomic mass is 35.5. The first kappa shape index (κ1) is 21.3. The predicted molar refractivity (Wildman–Crippen MR) is 103 cm³/mol. The number of fused-ring (bicyclic) bond motifs is 1. The molecule has 1 amide bonds. The van der Waals surface area contributed by atoms with Crippen LogP contribution in [-0.2, 0) is 0 Å². The molecule has 0 radical (unpaired) electrons. The number of aromatic nitrogens is 2. The second-order valence-corrected chi connectivity index (χ2v) is 7.70. The molecule has 0 saturated heterocycles. The Bertz CT molecular complexity index is 881. The van der Waals surface area contributed by atoms with Crippen molar-refractivity contribution in [2.24, 2.45) is 5.92 Å². The highest BCUT2D eigenvalue weighted by Crippen LogP contribution is 2.46. The molecule has 2 atom stereocenters. The monoisotopic (exact) mass is 430 g/mol. The Kier molecular flexibility index (Phi) is 5.97. The van der Waals surface area contributed by atoms with E-state index in [-0.39, 0.29) is 28.9 Å². The quantitative estimate of drug-likeness (QED) is 0.728. The van der Waals surface area contributed by atoms with E-state index in [0.29, 0.717) is 17.9 Å². The fraction of sp³-hybridized carbons (Fsp3) is 0.474. The standard InChI is InChI=1S/C19H22ClF3N4O2/c1-10(2)9-24-18(28)16-15(20)17-25-13(11-4-6-12(29-3)7-5-11)8-14(19(21,22)23)27(17)26-16/h4-7,10,13-14,25H,8-9H2,1-3H3,(H,24,28). The number of benzene rings is 1. The molecule has 6 nitrogen and oxygen atoms in total. The molecule has 10 heteroatoms. The number of anilines is 1. The normalized spacial score (nSPS) is 18.9. The Labute approximate surface area is 171 Å². The molecule has 1 aromatic heterocycles. The van der Waals surface area contributed by atoms with Gasteiger partial charge in [-0.05, 0) is 23.6 Å². The number of nitrogens with zero attached hydrogens (tertiary/aromatic N) is 2. The van der Waals surface area contributed by atoms with Crippen molar-refractivity contribution in [3.8, 4) is 5.75 Å². The van der Waals surface area contributed by atoms with Gasteiger partial charge in [0.25, 0.3) is 5.91 Å². The van der Waals surface area contributed by atoms with Gasteiger partial charge in [0, 0.05) is 13.0 Å². The lowest BCUT2D eigenvalue weighted by atomic mass is 9.97. The molecule has 0 fully saturated rings. The molecule has 2 heterocycles. The van der Waals surface area contributed by atoms with Crippen LogP contribution in [0.3, 0.4) is 0 Å². The largest absolute Gasteiger partial charge is 0.497 e. The Balaban J connectivity index is 1.96. The molecule has 0 saturated carbocycles. The third kappa shape index (κ3) is 4.44. The molecule has 0 spiro atoms. The number of halogens is 4. The number of hydrogen-bond donors (Lipinski definition) is 2. The summed E-state index contributed by atoms with van der Waals surface area (Å²) in [4.78, 5) is 12.4. The molecule has 3 rings (SSSR count). The van der Waals surface area contributed by atoms with Crippen LogP contribution in [0, 0.1) is 5.92 Å². The van der Waals surface area contributed by atoms with Crippen LogP contribution in [0.15, 0.2) is 24.3 Å². The van der Waals surface area contributed by atoms with Gasteiger partial charge in [0.1, 0.15) is 16.6 Å². The molecule has 158 valence electrons. The number of nitrogens with one attached hydrogen (secondary N) is 2. The molecule has 1 aromatic carbocycles. The van der Waals surface area contributed by atoms with Crippen LogP contribution < -0.4 is 15.4 Å². The van der Waals surface area contributed by atoms with Crippen molar-refractivity contribution in [3.63, 3.8) is 0 Å². The van der Waals surface area contributed by atoms with Gasteiger partial charge in [0.15, 0.2) is 11.7 Å². The van der Waals surface area contributed by atoms with Crippen LogP contribution in [0.2, 0.25) is 5.02 Å². The van der Waals surface area contributed by atoms with Crippen molar-refractivity contribution in [1.29, 1.82) is 0 Å². The number of hydrogen-bond acceptors (Lipinski definition) is 4. The first-order valence-corrected chi connectivity index (χ1v) is 9.53. The Morgan fingerprint density at radius 3 is 2.59 bits per heavy atom. The Morgan fingerprint density at radius 1 is 1.38 bits per heavy atom. The average molecular weight is 431 g/mol. The van der Waals surface area contributed by atoms with Crippen LogP contribution >= 0.6 is 11.6 Å². The summed E-state index contributed by atoms with van der Waals surface area (Å²) in [5.41, 5.74) is 0.425. The molecule has 29 heavy (non-hydrogen) atoms. The van der Waals surface area contributed by atoms with Crippen LogP contribution in [0.5, 0.6) is 5.75 Å². The SMILES string of the molecule is COc1ccc(C2CC(C(F)(F)F)n3nc(C(=O)NCC(C)C)c(Cl)c3N2)cc1. The minimum atomic E-state index is -4.55. The summed E-state index contributed by atoms with van der Waals surface area (Å²) in [5, 5.41) is 9.42. The smallest absolute Gasteiger partial charge is 0.410 e. The van der Waals surface area contributed by atoms with Gasteiger partial charge in [-0.25, -0.2) is 4.68 Å². The van der Waals surface area contributed by atoms with E-state index in [9.17, 15) is 18.0 Å². The van der Waals surface area contributed by atoms with E-state index in [0.717, 1.165) is 4.68 Å². The molecule has 2 N–H and O–H groups in total. The highest BCUT2D eigenvalue weighted by molar-refractivity contribution is 6.36. The van der Waals surface area contributed by atoms with Crippen molar-refractivity contribution in [2.75, 3.05) is 19.0 Å². The van der Waals surface area contributed by atoms with Crippen molar-refractivity contribution in [1.82, 2.24) is 15.1 Å². The summed E-state index contributed by atoms with van der Waals surface area (Å²) in [5.74, 6) is 0.157. The number of carbonyl (C=O) groups excluding carboxylic acids is 1. The van der Waals surface area contributed by atoms with Gasteiger partial charge in [0.2, 0.25) is 0 Å². The van der Waals surface area contributed by atoms with Gasteiger partial charge in [0.05, 0.1) is 13.2 Å². The fourth-order valence-corrected chi connectivity index (χ4v) is 3.43. The van der Waals surface area contributed by atoms with Crippen molar-refractivity contribution < 1.29 is 22.7 Å². The van der Waals surface area contributed by atoms with Crippen LogP contribution in [0.4, 0.5) is 19.0 Å². The van der Waals surface area contributed by atoms with Gasteiger partial charge in [-0.15, -0.1) is 0 Å². The van der Waals surface area contributed by atoms with Gasteiger partial charge >= 0.3 is 6.18 Å². The zero-order valence-corrected chi connectivity index (χ0v) is 16.9. The van der Waals surface area contributed by atoms with E-state index in [2.05, 4.69) is 15.7 Å². The highest BCUT2D eigenvalue weighted by Gasteiger charge is 2.47. The summed E-state index contributed by atoms with van der Waals surface area (Å²) in [6, 6.07) is 4.19. The van der Waals surface area contributed by atoms with E-state index in [1.54, 1.807) is 24.3 Å². The molecule has 0 aliphatic carbocycles. The molecule has 2 unspecified atom stereocenters. The van der Waals surface area contributed by atoms with E-state index in [4.69, 9.17) is 16.3 Å². The second kappa shape index (κ2) is 8.14. The minimum Gasteiger partial charge on any atom is -0.497 e. The summed E-state index contributed by atoms with van der Waals surface area (Å²) in [6.07, 6.45) is -4.84. The minimum absolute atomic E-state index is 0.0178. The molecule has 1 aliphatic heterocycles. The molecular formula is C19H22ClF3N4O2. The summed E-state index contributed by atoms with van der Waals surface area (Å²) in [6.45, 7) is 4.17. The lowest BCUT2D eigenvalue weighted by molar-refractivity contribution is -0.173. The second-order valence-electron chi connectivity index (χ2n) is 7.32. The zero-order chi connectivity index (χ0) is 21.3. The van der Waals surface area contributed by atoms with Crippen LogP contribution in [-0.4, -0.2) is 35.5 Å². The topological polar surface area (TPSA) is 68.2 Å². The summed E-state index contributed by atoms with van der Waals surface area (Å²) >= 11 is 6.27. The number of alkyl halides is 3. The third-order valence-corrected chi connectivity index (χ3v) is 5.06.